The lowest BCUT2D eigenvalue weighted by molar-refractivity contribution is 0.0997. The molecule has 0 atom stereocenters. The zero-order valence-corrected chi connectivity index (χ0v) is 11.8. The largest absolute Gasteiger partial charge is 0.508 e. The maximum Gasteiger partial charge on any atom is 0.268 e. The van der Waals surface area contributed by atoms with E-state index in [1.54, 1.807) is 47.5 Å². The van der Waals surface area contributed by atoms with E-state index in [0.717, 1.165) is 9.40 Å². The Bertz CT molecular complexity index is 716. The Hall–Kier alpha value is -1.85. The highest BCUT2D eigenvalue weighted by Gasteiger charge is 2.17. The predicted octanol–water partition coefficient (Wildman–Crippen LogP) is 3.95. The number of benzene rings is 1. The lowest BCUT2D eigenvalue weighted by atomic mass is 10.2. The van der Waals surface area contributed by atoms with Gasteiger partial charge in [0.2, 0.25) is 0 Å². The van der Waals surface area contributed by atoms with Gasteiger partial charge in [0.05, 0.1) is 4.88 Å². The molecule has 96 valence electrons. The Kier molecular flexibility index (Phi) is 3.00. The summed E-state index contributed by atoms with van der Waals surface area (Å²) < 4.78 is 2.27. The fourth-order valence-corrected chi connectivity index (χ4v) is 3.94. The first-order chi connectivity index (χ1) is 9.15. The molecule has 0 spiro atoms. The highest BCUT2D eigenvalue weighted by molar-refractivity contribution is 7.27. The number of carbonyl (C=O) groups excluding carboxylic acids is 1. The molecule has 2 aromatic heterocycles. The second-order valence-electron chi connectivity index (χ2n) is 4.14. The quantitative estimate of drug-likeness (QED) is 0.776. The van der Waals surface area contributed by atoms with Crippen LogP contribution in [0.3, 0.4) is 0 Å². The zero-order chi connectivity index (χ0) is 13.4. The minimum Gasteiger partial charge on any atom is -0.508 e. The summed E-state index contributed by atoms with van der Waals surface area (Å²) in [6, 6.07) is 10.6. The van der Waals surface area contributed by atoms with Crippen LogP contribution in [0.1, 0.15) is 9.67 Å². The Balaban J connectivity index is 1.93. The van der Waals surface area contributed by atoms with E-state index >= 15 is 0 Å². The van der Waals surface area contributed by atoms with Crippen molar-refractivity contribution >= 4 is 43.7 Å². The minimum absolute atomic E-state index is 0.0565. The molecule has 0 fully saturated rings. The SMILES string of the molecule is CN(C(=O)c1cc2sccc2s1)c1cccc(O)c1. The van der Waals surface area contributed by atoms with Crippen LogP contribution in [0.25, 0.3) is 9.40 Å². The van der Waals surface area contributed by atoms with Crippen LogP contribution in [-0.4, -0.2) is 18.1 Å². The van der Waals surface area contributed by atoms with Crippen molar-refractivity contribution in [2.75, 3.05) is 11.9 Å². The van der Waals surface area contributed by atoms with Gasteiger partial charge in [0.15, 0.2) is 0 Å². The first-order valence-corrected chi connectivity index (χ1v) is 7.39. The summed E-state index contributed by atoms with van der Waals surface area (Å²) in [5.41, 5.74) is 0.682. The number of thiophene rings is 2. The van der Waals surface area contributed by atoms with Crippen molar-refractivity contribution in [3.05, 3.63) is 46.7 Å². The van der Waals surface area contributed by atoms with Crippen LogP contribution in [0.2, 0.25) is 0 Å². The first-order valence-electron chi connectivity index (χ1n) is 5.69. The third-order valence-corrected chi connectivity index (χ3v) is 4.95. The third-order valence-electron chi connectivity index (χ3n) is 2.87. The fraction of sp³-hybridized carbons (Fsp3) is 0.0714. The zero-order valence-electron chi connectivity index (χ0n) is 10.2. The van der Waals surface area contributed by atoms with Crippen molar-refractivity contribution in [3.8, 4) is 5.75 Å². The molecule has 3 nitrogen and oxygen atoms in total. The van der Waals surface area contributed by atoms with Gasteiger partial charge in [0.25, 0.3) is 5.91 Å². The van der Waals surface area contributed by atoms with E-state index in [1.807, 2.05) is 17.5 Å². The summed E-state index contributed by atoms with van der Waals surface area (Å²) in [6.07, 6.45) is 0. The van der Waals surface area contributed by atoms with Crippen LogP contribution >= 0.6 is 22.7 Å². The van der Waals surface area contributed by atoms with Crippen LogP contribution in [0.4, 0.5) is 5.69 Å². The maximum atomic E-state index is 12.4. The predicted molar refractivity (Wildman–Crippen MR) is 80.5 cm³/mol. The van der Waals surface area contributed by atoms with Crippen LogP contribution in [0, 0.1) is 0 Å². The van der Waals surface area contributed by atoms with Gasteiger partial charge < -0.3 is 10.0 Å². The van der Waals surface area contributed by atoms with Crippen molar-refractivity contribution in [2.45, 2.75) is 0 Å². The van der Waals surface area contributed by atoms with Crippen LogP contribution < -0.4 is 4.90 Å². The van der Waals surface area contributed by atoms with E-state index in [2.05, 4.69) is 0 Å². The molecule has 0 aliphatic carbocycles. The summed E-state index contributed by atoms with van der Waals surface area (Å²) in [5.74, 6) is 0.100. The number of hydrogen-bond acceptors (Lipinski definition) is 4. The molecule has 1 aromatic carbocycles. The summed E-state index contributed by atoms with van der Waals surface area (Å²) in [7, 11) is 1.71. The molecule has 0 bridgehead atoms. The van der Waals surface area contributed by atoms with Crippen molar-refractivity contribution in [3.63, 3.8) is 0 Å². The van der Waals surface area contributed by atoms with E-state index in [9.17, 15) is 9.90 Å². The van der Waals surface area contributed by atoms with Crippen molar-refractivity contribution < 1.29 is 9.90 Å². The topological polar surface area (TPSA) is 40.5 Å². The molecule has 2 heterocycles. The number of phenolic OH excluding ortho intramolecular Hbond substituents is 1. The van der Waals surface area contributed by atoms with Crippen LogP contribution in [0.5, 0.6) is 5.75 Å². The number of carbonyl (C=O) groups is 1. The van der Waals surface area contributed by atoms with Crippen molar-refractivity contribution in [1.29, 1.82) is 0 Å². The normalized spacial score (nSPS) is 10.8. The van der Waals surface area contributed by atoms with Gasteiger partial charge in [-0.3, -0.25) is 4.79 Å². The number of aromatic hydroxyl groups is 1. The minimum atomic E-state index is -0.0565. The molecule has 19 heavy (non-hydrogen) atoms. The van der Waals surface area contributed by atoms with E-state index in [0.29, 0.717) is 10.6 Å². The highest BCUT2D eigenvalue weighted by Crippen LogP contribution is 2.31. The molecule has 1 N–H and O–H groups in total. The molecule has 3 aromatic rings. The molecule has 0 aliphatic heterocycles. The molecule has 0 radical (unpaired) electrons. The van der Waals surface area contributed by atoms with Gasteiger partial charge in [-0.05, 0) is 29.6 Å². The number of nitrogens with zero attached hydrogens (tertiary/aromatic N) is 1. The van der Waals surface area contributed by atoms with Crippen molar-refractivity contribution in [2.24, 2.45) is 0 Å². The molecule has 0 unspecified atom stereocenters. The van der Waals surface area contributed by atoms with E-state index in [4.69, 9.17) is 0 Å². The molecule has 5 heteroatoms. The number of anilines is 1. The van der Waals surface area contributed by atoms with Gasteiger partial charge >= 0.3 is 0 Å². The summed E-state index contributed by atoms with van der Waals surface area (Å²) in [6.45, 7) is 0. The van der Waals surface area contributed by atoms with Crippen LogP contribution in [-0.2, 0) is 0 Å². The Labute approximate surface area is 118 Å². The van der Waals surface area contributed by atoms with Gasteiger partial charge in [-0.25, -0.2) is 0 Å². The smallest absolute Gasteiger partial charge is 0.268 e. The second kappa shape index (κ2) is 4.68. The first kappa shape index (κ1) is 12.2. The van der Waals surface area contributed by atoms with E-state index in [1.165, 1.54) is 11.3 Å². The number of amides is 1. The number of phenols is 1. The molecular formula is C14H11NO2S2. The third kappa shape index (κ3) is 2.22. The molecule has 3 rings (SSSR count). The molecular weight excluding hydrogens is 278 g/mol. The van der Waals surface area contributed by atoms with Gasteiger partial charge in [0.1, 0.15) is 5.75 Å². The monoisotopic (exact) mass is 289 g/mol. The average Bonchev–Trinajstić information content (AvgIpc) is 2.97. The number of rotatable bonds is 2. The summed E-state index contributed by atoms with van der Waals surface area (Å²) in [4.78, 5) is 14.6. The molecule has 0 aliphatic rings. The number of fused-ring (bicyclic) bond motifs is 1. The average molecular weight is 289 g/mol. The molecule has 0 saturated carbocycles. The Morgan fingerprint density at radius 1 is 1.21 bits per heavy atom. The Morgan fingerprint density at radius 2 is 2.05 bits per heavy atom. The van der Waals surface area contributed by atoms with E-state index < -0.39 is 0 Å². The second-order valence-corrected chi connectivity index (χ2v) is 6.18. The summed E-state index contributed by atoms with van der Waals surface area (Å²) in [5, 5.41) is 11.5. The van der Waals surface area contributed by atoms with Gasteiger partial charge in [0, 0.05) is 28.2 Å². The summed E-state index contributed by atoms with van der Waals surface area (Å²) >= 11 is 3.13. The lowest BCUT2D eigenvalue weighted by Gasteiger charge is -2.16. The van der Waals surface area contributed by atoms with Crippen molar-refractivity contribution in [1.82, 2.24) is 0 Å². The van der Waals surface area contributed by atoms with Gasteiger partial charge in [-0.2, -0.15) is 0 Å². The molecule has 1 amide bonds. The standard InChI is InChI=1S/C14H11NO2S2/c1-15(9-3-2-4-10(16)7-9)14(17)13-8-12-11(19-13)5-6-18-12/h2-8,16H,1H3. The Morgan fingerprint density at radius 3 is 2.79 bits per heavy atom. The van der Waals surface area contributed by atoms with Gasteiger partial charge in [-0.15, -0.1) is 22.7 Å². The highest BCUT2D eigenvalue weighted by atomic mass is 32.1. The maximum absolute atomic E-state index is 12.4. The van der Waals surface area contributed by atoms with E-state index in [-0.39, 0.29) is 11.7 Å². The lowest BCUT2D eigenvalue weighted by Crippen LogP contribution is -2.25. The fourth-order valence-electron chi connectivity index (χ4n) is 1.86. The van der Waals surface area contributed by atoms with Crippen LogP contribution in [0.15, 0.2) is 41.8 Å². The van der Waals surface area contributed by atoms with Gasteiger partial charge in [-0.1, -0.05) is 6.07 Å². The molecule has 0 saturated heterocycles. The number of hydrogen-bond donors (Lipinski definition) is 1.